The number of likely N-dealkylation sites (tertiary alicyclic amines) is 1. The second-order valence-electron chi connectivity index (χ2n) is 8.81. The maximum atomic E-state index is 13.7. The SMILES string of the molecule is O=C1NC=C(C(=O)NCCCN2CCC(O)(c3ccc(F)cc3)CC2)[C@@H](c2ccc(F)c(F)c2)N1. The van der Waals surface area contributed by atoms with E-state index in [1.807, 2.05) is 0 Å². The lowest BCUT2D eigenvalue weighted by atomic mass is 9.84. The molecule has 0 aliphatic carbocycles. The lowest BCUT2D eigenvalue weighted by Crippen LogP contribution is -2.45. The summed E-state index contributed by atoms with van der Waals surface area (Å²) in [4.78, 5) is 26.7. The van der Waals surface area contributed by atoms with Crippen molar-refractivity contribution in [2.75, 3.05) is 26.2 Å². The van der Waals surface area contributed by atoms with Gasteiger partial charge in [-0.15, -0.1) is 0 Å². The van der Waals surface area contributed by atoms with E-state index in [0.717, 1.165) is 12.1 Å². The fourth-order valence-corrected chi connectivity index (χ4v) is 4.43. The van der Waals surface area contributed by atoms with Gasteiger partial charge >= 0.3 is 6.03 Å². The highest BCUT2D eigenvalue weighted by molar-refractivity contribution is 5.97. The summed E-state index contributed by atoms with van der Waals surface area (Å²) in [6.45, 7) is 2.41. The molecule has 0 spiro atoms. The number of aliphatic hydroxyl groups is 1. The van der Waals surface area contributed by atoms with E-state index in [1.54, 1.807) is 12.1 Å². The van der Waals surface area contributed by atoms with Crippen LogP contribution in [0.15, 0.2) is 54.2 Å². The third-order valence-corrected chi connectivity index (χ3v) is 6.49. The minimum absolute atomic E-state index is 0.179. The number of nitrogens with one attached hydrogen (secondary N) is 3. The number of nitrogens with zero attached hydrogens (tertiary/aromatic N) is 1. The Kier molecular flexibility index (Phi) is 7.42. The number of benzene rings is 2. The maximum absolute atomic E-state index is 13.7. The molecule has 4 rings (SSSR count). The molecule has 1 fully saturated rings. The van der Waals surface area contributed by atoms with Crippen LogP contribution in [0.4, 0.5) is 18.0 Å². The van der Waals surface area contributed by atoms with E-state index < -0.39 is 35.2 Å². The fourth-order valence-electron chi connectivity index (χ4n) is 4.43. The van der Waals surface area contributed by atoms with Crippen LogP contribution in [-0.4, -0.2) is 48.1 Å². The predicted molar refractivity (Wildman–Crippen MR) is 122 cm³/mol. The molecule has 2 aromatic carbocycles. The Bertz CT molecular complexity index is 1120. The number of amides is 3. The van der Waals surface area contributed by atoms with Crippen molar-refractivity contribution in [2.24, 2.45) is 0 Å². The number of urea groups is 1. The summed E-state index contributed by atoms with van der Waals surface area (Å²) in [6, 6.07) is 7.69. The topological polar surface area (TPSA) is 93.7 Å². The summed E-state index contributed by atoms with van der Waals surface area (Å²) in [5, 5.41) is 18.7. The molecule has 3 amide bonds. The van der Waals surface area contributed by atoms with E-state index in [4.69, 9.17) is 0 Å². The van der Waals surface area contributed by atoms with Crippen LogP contribution in [-0.2, 0) is 10.4 Å². The van der Waals surface area contributed by atoms with Crippen molar-refractivity contribution in [3.05, 3.63) is 82.8 Å². The van der Waals surface area contributed by atoms with E-state index in [2.05, 4.69) is 20.9 Å². The molecule has 4 N–H and O–H groups in total. The van der Waals surface area contributed by atoms with Gasteiger partial charge in [0.25, 0.3) is 5.91 Å². The molecule has 1 saturated heterocycles. The molecule has 10 heteroatoms. The predicted octanol–water partition coefficient (Wildman–Crippen LogP) is 2.83. The van der Waals surface area contributed by atoms with Gasteiger partial charge in [-0.1, -0.05) is 18.2 Å². The molecule has 2 aliphatic rings. The van der Waals surface area contributed by atoms with Crippen LogP contribution in [0.25, 0.3) is 0 Å². The van der Waals surface area contributed by atoms with Crippen molar-refractivity contribution in [1.29, 1.82) is 0 Å². The third kappa shape index (κ3) is 5.83. The Balaban J connectivity index is 1.26. The highest BCUT2D eigenvalue weighted by atomic mass is 19.2. The number of hydrogen-bond acceptors (Lipinski definition) is 4. The van der Waals surface area contributed by atoms with Crippen LogP contribution >= 0.6 is 0 Å². The first kappa shape index (κ1) is 24.7. The van der Waals surface area contributed by atoms with Crippen molar-refractivity contribution in [3.63, 3.8) is 0 Å². The van der Waals surface area contributed by atoms with Crippen molar-refractivity contribution < 1.29 is 27.9 Å². The van der Waals surface area contributed by atoms with Crippen LogP contribution in [0.1, 0.15) is 36.4 Å². The van der Waals surface area contributed by atoms with E-state index in [-0.39, 0.29) is 17.0 Å². The van der Waals surface area contributed by atoms with Gasteiger partial charge in [0, 0.05) is 25.8 Å². The summed E-state index contributed by atoms with van der Waals surface area (Å²) in [5.74, 6) is -2.85. The molecule has 0 saturated carbocycles. The van der Waals surface area contributed by atoms with Gasteiger partial charge in [0.05, 0.1) is 17.2 Å². The molecule has 0 radical (unpaired) electrons. The Morgan fingerprint density at radius 1 is 1.09 bits per heavy atom. The minimum Gasteiger partial charge on any atom is -0.385 e. The standard InChI is InChI=1S/C25H27F3N4O3/c26-18-5-3-17(4-6-18)25(35)8-12-32(13-9-25)11-1-10-29-23(33)19-15-30-24(34)31-22(19)16-2-7-20(27)21(28)14-16/h2-7,14-15,22,35H,1,8-13H2,(H,29,33)(H2,30,31,34)/t22-/m1/s1. The molecular weight excluding hydrogens is 461 g/mol. The molecule has 2 heterocycles. The van der Waals surface area contributed by atoms with Crippen molar-refractivity contribution in [2.45, 2.75) is 30.9 Å². The quantitative estimate of drug-likeness (QED) is 0.451. The van der Waals surface area contributed by atoms with E-state index >= 15 is 0 Å². The normalized spacial score (nSPS) is 19.9. The van der Waals surface area contributed by atoms with Crippen LogP contribution < -0.4 is 16.0 Å². The molecule has 186 valence electrons. The Labute approximate surface area is 201 Å². The number of rotatable bonds is 7. The largest absolute Gasteiger partial charge is 0.385 e. The summed E-state index contributed by atoms with van der Waals surface area (Å²) in [7, 11) is 0. The molecule has 0 bridgehead atoms. The van der Waals surface area contributed by atoms with Gasteiger partial charge in [-0.3, -0.25) is 4.79 Å². The van der Waals surface area contributed by atoms with Gasteiger partial charge in [0.15, 0.2) is 11.6 Å². The number of halogens is 3. The zero-order valence-corrected chi connectivity index (χ0v) is 19.0. The van der Waals surface area contributed by atoms with Crippen LogP contribution in [0.5, 0.6) is 0 Å². The Morgan fingerprint density at radius 3 is 2.49 bits per heavy atom. The highest BCUT2D eigenvalue weighted by Gasteiger charge is 2.34. The second kappa shape index (κ2) is 10.5. The van der Waals surface area contributed by atoms with Gasteiger partial charge in [0.1, 0.15) is 5.82 Å². The highest BCUT2D eigenvalue weighted by Crippen LogP contribution is 2.33. The summed E-state index contributed by atoms with van der Waals surface area (Å²) in [5.41, 5.74) is 0.168. The maximum Gasteiger partial charge on any atom is 0.319 e. The molecule has 0 unspecified atom stereocenters. The number of carbonyl (C=O) groups excluding carboxylic acids is 2. The average Bonchev–Trinajstić information content (AvgIpc) is 2.85. The van der Waals surface area contributed by atoms with Crippen LogP contribution in [0, 0.1) is 17.5 Å². The smallest absolute Gasteiger partial charge is 0.319 e. The van der Waals surface area contributed by atoms with Gasteiger partial charge in [-0.25, -0.2) is 18.0 Å². The lowest BCUT2D eigenvalue weighted by molar-refractivity contribution is -0.117. The van der Waals surface area contributed by atoms with Gasteiger partial charge in [0.2, 0.25) is 0 Å². The molecular formula is C25H27F3N4O3. The Morgan fingerprint density at radius 2 is 1.80 bits per heavy atom. The zero-order valence-electron chi connectivity index (χ0n) is 19.0. The second-order valence-corrected chi connectivity index (χ2v) is 8.81. The number of piperidine rings is 1. The zero-order chi connectivity index (χ0) is 25.0. The molecule has 1 atom stereocenters. The molecule has 2 aromatic rings. The van der Waals surface area contributed by atoms with E-state index in [0.29, 0.717) is 51.0 Å². The first-order valence-electron chi connectivity index (χ1n) is 11.5. The van der Waals surface area contributed by atoms with Crippen molar-refractivity contribution >= 4 is 11.9 Å². The third-order valence-electron chi connectivity index (χ3n) is 6.49. The summed E-state index contributed by atoms with van der Waals surface area (Å²) in [6.07, 6.45) is 2.98. The first-order valence-corrected chi connectivity index (χ1v) is 11.5. The minimum atomic E-state index is -1.07. The molecule has 7 nitrogen and oxygen atoms in total. The van der Waals surface area contributed by atoms with Crippen molar-refractivity contribution in [3.8, 4) is 0 Å². The van der Waals surface area contributed by atoms with Gasteiger partial charge in [-0.2, -0.15) is 0 Å². The number of hydrogen-bond donors (Lipinski definition) is 4. The first-order chi connectivity index (χ1) is 16.7. The average molecular weight is 489 g/mol. The van der Waals surface area contributed by atoms with Gasteiger partial charge in [-0.05, 0) is 61.2 Å². The van der Waals surface area contributed by atoms with Crippen LogP contribution in [0.3, 0.4) is 0 Å². The number of carbonyl (C=O) groups is 2. The van der Waals surface area contributed by atoms with E-state index in [1.165, 1.54) is 24.4 Å². The Hall–Kier alpha value is -3.37. The molecule has 2 aliphatic heterocycles. The summed E-state index contributed by atoms with van der Waals surface area (Å²) >= 11 is 0. The molecule has 35 heavy (non-hydrogen) atoms. The molecule has 0 aromatic heterocycles. The van der Waals surface area contributed by atoms with E-state index in [9.17, 15) is 27.9 Å². The lowest BCUT2D eigenvalue weighted by Gasteiger charge is -2.38. The monoisotopic (exact) mass is 488 g/mol. The fraction of sp³-hybridized carbons (Fsp3) is 0.360. The van der Waals surface area contributed by atoms with Crippen molar-refractivity contribution in [1.82, 2.24) is 20.9 Å². The van der Waals surface area contributed by atoms with Crippen LogP contribution in [0.2, 0.25) is 0 Å². The van der Waals surface area contributed by atoms with Gasteiger partial charge < -0.3 is 26.0 Å². The summed E-state index contributed by atoms with van der Waals surface area (Å²) < 4.78 is 40.2.